The van der Waals surface area contributed by atoms with Crippen LogP contribution in [-0.2, 0) is 6.42 Å². The second kappa shape index (κ2) is 4.15. The molecule has 1 saturated heterocycles. The van der Waals surface area contributed by atoms with E-state index in [0.717, 1.165) is 12.8 Å². The van der Waals surface area contributed by atoms with Crippen LogP contribution in [0.25, 0.3) is 0 Å². The molecule has 90 valence electrons. The minimum absolute atomic E-state index is 0.426. The highest BCUT2D eigenvalue weighted by molar-refractivity contribution is 5.88. The molecule has 1 unspecified atom stereocenters. The van der Waals surface area contributed by atoms with Crippen molar-refractivity contribution in [2.75, 3.05) is 13.1 Å². The molecule has 1 heterocycles. The largest absolute Gasteiger partial charge is 0.478 e. The van der Waals surface area contributed by atoms with E-state index in [4.69, 9.17) is 5.11 Å². The van der Waals surface area contributed by atoms with E-state index in [1.807, 2.05) is 12.1 Å². The van der Waals surface area contributed by atoms with Crippen molar-refractivity contribution in [3.63, 3.8) is 0 Å². The Morgan fingerprint density at radius 2 is 2.06 bits per heavy atom. The fourth-order valence-corrected chi connectivity index (χ4v) is 3.15. The van der Waals surface area contributed by atoms with Crippen LogP contribution in [0.15, 0.2) is 18.2 Å². The van der Waals surface area contributed by atoms with Crippen molar-refractivity contribution in [2.45, 2.75) is 31.7 Å². The Kier molecular flexibility index (Phi) is 2.63. The molecule has 1 atom stereocenters. The first-order valence-corrected chi connectivity index (χ1v) is 6.36. The smallest absolute Gasteiger partial charge is 0.335 e. The first-order chi connectivity index (χ1) is 8.25. The standard InChI is InChI=1S/C14H17NO2/c16-14(17)11-4-3-10-5-6-13(12(10)9-11)15-7-1-2-8-15/h3-4,9,13H,1-2,5-8H2,(H,16,17). The number of carbonyl (C=O) groups is 1. The van der Waals surface area contributed by atoms with E-state index in [9.17, 15) is 4.79 Å². The third kappa shape index (κ3) is 1.84. The molecular weight excluding hydrogens is 214 g/mol. The third-order valence-corrected chi connectivity index (χ3v) is 4.02. The highest BCUT2D eigenvalue weighted by Gasteiger charge is 2.29. The van der Waals surface area contributed by atoms with Crippen molar-refractivity contribution >= 4 is 5.97 Å². The number of likely N-dealkylation sites (tertiary alicyclic amines) is 1. The maximum absolute atomic E-state index is 11.0. The fourth-order valence-electron chi connectivity index (χ4n) is 3.15. The highest BCUT2D eigenvalue weighted by atomic mass is 16.4. The van der Waals surface area contributed by atoms with Crippen LogP contribution in [0.1, 0.15) is 46.8 Å². The van der Waals surface area contributed by atoms with E-state index in [2.05, 4.69) is 4.90 Å². The van der Waals surface area contributed by atoms with Gasteiger partial charge in [0.25, 0.3) is 0 Å². The van der Waals surface area contributed by atoms with E-state index < -0.39 is 5.97 Å². The Hall–Kier alpha value is -1.35. The number of rotatable bonds is 2. The van der Waals surface area contributed by atoms with Gasteiger partial charge >= 0.3 is 5.97 Å². The van der Waals surface area contributed by atoms with Gasteiger partial charge in [-0.2, -0.15) is 0 Å². The van der Waals surface area contributed by atoms with Crippen molar-refractivity contribution in [1.82, 2.24) is 4.90 Å². The van der Waals surface area contributed by atoms with E-state index in [0.29, 0.717) is 11.6 Å². The van der Waals surface area contributed by atoms with Crippen molar-refractivity contribution in [3.8, 4) is 0 Å². The summed E-state index contributed by atoms with van der Waals surface area (Å²) in [6.07, 6.45) is 4.81. The van der Waals surface area contributed by atoms with Crippen LogP contribution in [-0.4, -0.2) is 29.1 Å². The topological polar surface area (TPSA) is 40.5 Å². The summed E-state index contributed by atoms with van der Waals surface area (Å²) in [6.45, 7) is 2.34. The lowest BCUT2D eigenvalue weighted by Gasteiger charge is -2.24. The van der Waals surface area contributed by atoms with E-state index in [-0.39, 0.29) is 0 Å². The molecule has 1 aliphatic carbocycles. The van der Waals surface area contributed by atoms with Gasteiger partial charge in [-0.15, -0.1) is 0 Å². The predicted octanol–water partition coefficient (Wildman–Crippen LogP) is 2.47. The summed E-state index contributed by atoms with van der Waals surface area (Å²) in [7, 11) is 0. The number of fused-ring (bicyclic) bond motifs is 1. The van der Waals surface area contributed by atoms with Gasteiger partial charge in [0.1, 0.15) is 0 Å². The molecule has 1 N–H and O–H groups in total. The zero-order chi connectivity index (χ0) is 11.8. The highest BCUT2D eigenvalue weighted by Crippen LogP contribution is 2.37. The Bertz CT molecular complexity index is 450. The van der Waals surface area contributed by atoms with Gasteiger partial charge in [-0.05, 0) is 62.0 Å². The molecule has 3 nitrogen and oxygen atoms in total. The third-order valence-electron chi connectivity index (χ3n) is 4.02. The summed E-state index contributed by atoms with van der Waals surface area (Å²) in [5.74, 6) is -0.820. The van der Waals surface area contributed by atoms with Crippen LogP contribution >= 0.6 is 0 Å². The number of hydrogen-bond acceptors (Lipinski definition) is 2. The second-order valence-electron chi connectivity index (χ2n) is 5.02. The molecular formula is C14H17NO2. The van der Waals surface area contributed by atoms with Gasteiger partial charge in [0.05, 0.1) is 5.56 Å². The van der Waals surface area contributed by atoms with Gasteiger partial charge in [0, 0.05) is 6.04 Å². The van der Waals surface area contributed by atoms with Gasteiger partial charge in [-0.3, -0.25) is 4.90 Å². The Labute approximate surface area is 101 Å². The average Bonchev–Trinajstić information content (AvgIpc) is 2.96. The zero-order valence-corrected chi connectivity index (χ0v) is 9.85. The SMILES string of the molecule is O=C(O)c1ccc2c(c1)C(N1CCCC1)CC2. The maximum Gasteiger partial charge on any atom is 0.335 e. The molecule has 0 saturated carbocycles. The van der Waals surface area contributed by atoms with E-state index in [1.165, 1.54) is 37.1 Å². The van der Waals surface area contributed by atoms with Gasteiger partial charge in [0.2, 0.25) is 0 Å². The Morgan fingerprint density at radius 1 is 1.29 bits per heavy atom. The molecule has 0 amide bonds. The number of hydrogen-bond donors (Lipinski definition) is 1. The van der Waals surface area contributed by atoms with Crippen molar-refractivity contribution < 1.29 is 9.90 Å². The normalized spacial score (nSPS) is 23.9. The van der Waals surface area contributed by atoms with Crippen LogP contribution in [0, 0.1) is 0 Å². The van der Waals surface area contributed by atoms with E-state index >= 15 is 0 Å². The molecule has 3 heteroatoms. The van der Waals surface area contributed by atoms with Crippen LogP contribution < -0.4 is 0 Å². The number of benzene rings is 1. The minimum Gasteiger partial charge on any atom is -0.478 e. The first-order valence-electron chi connectivity index (χ1n) is 6.36. The average molecular weight is 231 g/mol. The van der Waals surface area contributed by atoms with Crippen LogP contribution in [0.2, 0.25) is 0 Å². The molecule has 1 aliphatic heterocycles. The Morgan fingerprint density at radius 3 is 2.76 bits per heavy atom. The van der Waals surface area contributed by atoms with E-state index in [1.54, 1.807) is 6.07 Å². The molecule has 0 aromatic heterocycles. The summed E-state index contributed by atoms with van der Waals surface area (Å²) in [4.78, 5) is 13.5. The molecule has 1 aromatic carbocycles. The zero-order valence-electron chi connectivity index (χ0n) is 9.85. The molecule has 0 bridgehead atoms. The van der Waals surface area contributed by atoms with Crippen molar-refractivity contribution in [3.05, 3.63) is 34.9 Å². The summed E-state index contributed by atoms with van der Waals surface area (Å²) in [6, 6.07) is 6.07. The van der Waals surface area contributed by atoms with Gasteiger partial charge in [-0.25, -0.2) is 4.79 Å². The molecule has 0 radical (unpaired) electrons. The molecule has 2 aliphatic rings. The Balaban J connectivity index is 1.93. The number of carboxylic acid groups (broad SMARTS) is 1. The number of nitrogens with zero attached hydrogens (tertiary/aromatic N) is 1. The second-order valence-corrected chi connectivity index (χ2v) is 5.02. The minimum atomic E-state index is -0.820. The van der Waals surface area contributed by atoms with Crippen LogP contribution in [0.4, 0.5) is 0 Å². The molecule has 1 aromatic rings. The van der Waals surface area contributed by atoms with Gasteiger partial charge < -0.3 is 5.11 Å². The number of aromatic carboxylic acids is 1. The summed E-state index contributed by atoms with van der Waals surface area (Å²) >= 11 is 0. The predicted molar refractivity (Wildman–Crippen MR) is 65.3 cm³/mol. The maximum atomic E-state index is 11.0. The van der Waals surface area contributed by atoms with Crippen molar-refractivity contribution in [1.29, 1.82) is 0 Å². The summed E-state index contributed by atoms with van der Waals surface area (Å²) in [5, 5.41) is 9.05. The molecule has 1 fully saturated rings. The first kappa shape index (κ1) is 10.8. The van der Waals surface area contributed by atoms with Gasteiger partial charge in [-0.1, -0.05) is 6.07 Å². The molecule has 0 spiro atoms. The van der Waals surface area contributed by atoms with Crippen LogP contribution in [0.5, 0.6) is 0 Å². The number of aryl methyl sites for hydroxylation is 1. The summed E-state index contributed by atoms with van der Waals surface area (Å²) in [5.41, 5.74) is 3.02. The number of carboxylic acids is 1. The molecule has 17 heavy (non-hydrogen) atoms. The fraction of sp³-hybridized carbons (Fsp3) is 0.500. The van der Waals surface area contributed by atoms with Gasteiger partial charge in [0.15, 0.2) is 0 Å². The molecule has 3 rings (SSSR count). The van der Waals surface area contributed by atoms with Crippen molar-refractivity contribution in [2.24, 2.45) is 0 Å². The lowest BCUT2D eigenvalue weighted by atomic mass is 10.0. The lowest BCUT2D eigenvalue weighted by molar-refractivity contribution is 0.0696. The summed E-state index contributed by atoms with van der Waals surface area (Å²) < 4.78 is 0. The lowest BCUT2D eigenvalue weighted by Crippen LogP contribution is -2.23. The quantitative estimate of drug-likeness (QED) is 0.850. The monoisotopic (exact) mass is 231 g/mol. The van der Waals surface area contributed by atoms with Crippen LogP contribution in [0.3, 0.4) is 0 Å².